The molecular weight excluding hydrogens is 525 g/mol. The SMILES string of the molecule is CC(=O)N1CCc2cc(COc3ccc(C)cc3-c3cccc(N=C(C(C=N)C(=O)O)C(F)(F)F)n3)ccc2C1. The van der Waals surface area contributed by atoms with Gasteiger partial charge in [-0.05, 0) is 54.3 Å². The number of carbonyl (C=O) groups is 2. The molecule has 8 nitrogen and oxygen atoms in total. The summed E-state index contributed by atoms with van der Waals surface area (Å²) in [6, 6.07) is 15.6. The Bertz CT molecular complexity index is 1490. The number of aliphatic imine (C=N–C) groups is 1. The average molecular weight is 553 g/mol. The van der Waals surface area contributed by atoms with Crippen LogP contribution in [-0.2, 0) is 29.2 Å². The van der Waals surface area contributed by atoms with Gasteiger partial charge in [-0.15, -0.1) is 0 Å². The van der Waals surface area contributed by atoms with Crippen LogP contribution in [0.3, 0.4) is 0 Å². The molecule has 208 valence electrons. The number of aliphatic carboxylic acids is 1. The number of alkyl halides is 3. The summed E-state index contributed by atoms with van der Waals surface area (Å²) in [7, 11) is 0. The smallest absolute Gasteiger partial charge is 0.430 e. The summed E-state index contributed by atoms with van der Waals surface area (Å²) in [6.45, 7) is 4.87. The lowest BCUT2D eigenvalue weighted by Gasteiger charge is -2.28. The van der Waals surface area contributed by atoms with E-state index in [0.717, 1.165) is 28.7 Å². The minimum Gasteiger partial charge on any atom is -0.488 e. The number of fused-ring (bicyclic) bond motifs is 1. The standard InChI is InChI=1S/C29H27F3N4O4/c1-17-6-9-25(40-16-19-7-8-21-15-36(18(2)37)11-10-20(21)13-19)22(12-17)24-4-3-5-26(34-24)35-27(29(30,31)32)23(14-33)28(38)39/h3-9,12-14,23,33H,10-11,15-16H2,1-2H3,(H,38,39). The van der Waals surface area contributed by atoms with Crippen molar-refractivity contribution in [3.05, 3.63) is 76.9 Å². The number of carboxylic acid groups (broad SMARTS) is 1. The second-order valence-corrected chi connectivity index (χ2v) is 9.44. The second kappa shape index (κ2) is 11.7. The largest absolute Gasteiger partial charge is 0.488 e. The summed E-state index contributed by atoms with van der Waals surface area (Å²) in [6.07, 6.45) is -4.14. The molecule has 0 aliphatic carbocycles. The maximum Gasteiger partial charge on any atom is 0.430 e. The third kappa shape index (κ3) is 6.53. The van der Waals surface area contributed by atoms with Crippen molar-refractivity contribution < 1.29 is 32.6 Å². The Kier molecular flexibility index (Phi) is 8.32. The molecule has 2 N–H and O–H groups in total. The van der Waals surface area contributed by atoms with Crippen molar-refractivity contribution in [3.63, 3.8) is 0 Å². The van der Waals surface area contributed by atoms with Crippen LogP contribution in [0.15, 0.2) is 59.6 Å². The van der Waals surface area contributed by atoms with Crippen molar-refractivity contribution in [1.29, 1.82) is 5.41 Å². The average Bonchev–Trinajstić information content (AvgIpc) is 2.91. The number of aryl methyl sites for hydroxylation is 1. The molecule has 0 bridgehead atoms. The lowest BCUT2D eigenvalue weighted by molar-refractivity contribution is -0.138. The molecule has 0 saturated carbocycles. The number of benzene rings is 2. The van der Waals surface area contributed by atoms with Crippen LogP contribution in [0.5, 0.6) is 5.75 Å². The quantitative estimate of drug-likeness (QED) is 0.357. The predicted molar refractivity (Wildman–Crippen MR) is 143 cm³/mol. The fourth-order valence-corrected chi connectivity index (χ4v) is 4.43. The monoisotopic (exact) mass is 552 g/mol. The lowest BCUT2D eigenvalue weighted by Crippen LogP contribution is -2.36. The first-order valence-electron chi connectivity index (χ1n) is 12.4. The van der Waals surface area contributed by atoms with Crippen molar-refractivity contribution >= 4 is 29.6 Å². The molecular formula is C29H27F3N4O4. The Morgan fingerprint density at radius 1 is 1.18 bits per heavy atom. The zero-order chi connectivity index (χ0) is 29.0. The highest BCUT2D eigenvalue weighted by molar-refractivity contribution is 6.15. The molecule has 1 unspecified atom stereocenters. The first-order valence-corrected chi connectivity index (χ1v) is 12.4. The van der Waals surface area contributed by atoms with Crippen LogP contribution in [0.25, 0.3) is 11.3 Å². The molecule has 0 fully saturated rings. The van der Waals surface area contributed by atoms with E-state index in [0.29, 0.717) is 24.4 Å². The van der Waals surface area contributed by atoms with Gasteiger partial charge in [-0.3, -0.25) is 9.59 Å². The van der Waals surface area contributed by atoms with Gasteiger partial charge in [0, 0.05) is 31.8 Å². The normalized spacial score (nSPS) is 14.3. The van der Waals surface area contributed by atoms with Crippen molar-refractivity contribution in [2.75, 3.05) is 6.54 Å². The van der Waals surface area contributed by atoms with E-state index in [1.807, 2.05) is 25.1 Å². The van der Waals surface area contributed by atoms with Gasteiger partial charge in [0.05, 0.1) is 5.69 Å². The maximum absolute atomic E-state index is 13.6. The van der Waals surface area contributed by atoms with Gasteiger partial charge in [0.2, 0.25) is 5.91 Å². The number of hydrogen-bond acceptors (Lipinski definition) is 6. The van der Waals surface area contributed by atoms with E-state index in [1.54, 1.807) is 30.0 Å². The zero-order valence-electron chi connectivity index (χ0n) is 21.8. The zero-order valence-corrected chi connectivity index (χ0v) is 21.8. The molecule has 2 aromatic carbocycles. The van der Waals surface area contributed by atoms with Crippen LogP contribution in [0, 0.1) is 18.3 Å². The van der Waals surface area contributed by atoms with Gasteiger partial charge in [-0.1, -0.05) is 35.9 Å². The van der Waals surface area contributed by atoms with Gasteiger partial charge in [0.15, 0.2) is 5.82 Å². The number of nitrogens with zero attached hydrogens (tertiary/aromatic N) is 3. The molecule has 4 rings (SSSR count). The number of carbonyl (C=O) groups excluding carboxylic acids is 1. The molecule has 11 heteroatoms. The van der Waals surface area contributed by atoms with Crippen molar-refractivity contribution in [2.24, 2.45) is 10.9 Å². The van der Waals surface area contributed by atoms with E-state index in [2.05, 4.69) is 16.0 Å². The Labute approximate surface area is 228 Å². The molecule has 1 aliphatic heterocycles. The van der Waals surface area contributed by atoms with E-state index in [-0.39, 0.29) is 30.2 Å². The minimum absolute atomic E-state index is 0.0411. The summed E-state index contributed by atoms with van der Waals surface area (Å²) in [5.41, 5.74) is 3.22. The third-order valence-corrected chi connectivity index (χ3v) is 6.52. The molecule has 40 heavy (non-hydrogen) atoms. The van der Waals surface area contributed by atoms with Crippen LogP contribution in [0.2, 0.25) is 0 Å². The Balaban J connectivity index is 1.61. The number of carboxylic acids is 1. The number of aromatic nitrogens is 1. The summed E-state index contributed by atoms with van der Waals surface area (Å²) < 4.78 is 46.9. The predicted octanol–water partition coefficient (Wildman–Crippen LogP) is 5.53. The van der Waals surface area contributed by atoms with Crippen LogP contribution in [0.1, 0.15) is 29.2 Å². The fraction of sp³-hybridized carbons (Fsp3) is 0.276. The van der Waals surface area contributed by atoms with E-state index in [4.69, 9.17) is 15.3 Å². The number of hydrogen-bond donors (Lipinski definition) is 2. The minimum atomic E-state index is -5.07. The van der Waals surface area contributed by atoms with Gasteiger partial charge in [-0.25, -0.2) is 9.98 Å². The van der Waals surface area contributed by atoms with Crippen LogP contribution in [-0.4, -0.2) is 51.5 Å². The number of nitrogens with one attached hydrogen (secondary N) is 1. The molecule has 0 saturated heterocycles. The van der Waals surface area contributed by atoms with Gasteiger partial charge in [0.25, 0.3) is 0 Å². The van der Waals surface area contributed by atoms with Crippen molar-refractivity contribution in [3.8, 4) is 17.0 Å². The number of pyridine rings is 1. The van der Waals surface area contributed by atoms with Crippen LogP contribution < -0.4 is 4.74 Å². The molecule has 3 aromatic rings. The molecule has 0 radical (unpaired) electrons. The topological polar surface area (TPSA) is 116 Å². The highest BCUT2D eigenvalue weighted by Crippen LogP contribution is 2.33. The van der Waals surface area contributed by atoms with Crippen LogP contribution in [0.4, 0.5) is 19.0 Å². The number of halogens is 3. The molecule has 0 spiro atoms. The summed E-state index contributed by atoms with van der Waals surface area (Å²) in [4.78, 5) is 32.5. The Hall–Kier alpha value is -4.54. The summed E-state index contributed by atoms with van der Waals surface area (Å²) in [5, 5.41) is 16.3. The first kappa shape index (κ1) is 28.5. The van der Waals surface area contributed by atoms with Gasteiger partial charge < -0.3 is 20.2 Å². The lowest BCUT2D eigenvalue weighted by atomic mass is 9.97. The molecule has 1 aliphatic rings. The van der Waals surface area contributed by atoms with E-state index in [1.165, 1.54) is 12.1 Å². The van der Waals surface area contributed by atoms with Crippen molar-refractivity contribution in [1.82, 2.24) is 9.88 Å². The van der Waals surface area contributed by atoms with Gasteiger partial charge in [0.1, 0.15) is 24.0 Å². The van der Waals surface area contributed by atoms with E-state index in [9.17, 15) is 22.8 Å². The molecule has 2 heterocycles. The Morgan fingerprint density at radius 2 is 1.95 bits per heavy atom. The highest BCUT2D eigenvalue weighted by atomic mass is 19.4. The summed E-state index contributed by atoms with van der Waals surface area (Å²) >= 11 is 0. The van der Waals surface area contributed by atoms with Gasteiger partial charge in [-0.2, -0.15) is 13.2 Å². The summed E-state index contributed by atoms with van der Waals surface area (Å²) in [5.74, 6) is -3.95. The molecule has 1 atom stereocenters. The van der Waals surface area contributed by atoms with Gasteiger partial charge >= 0.3 is 12.1 Å². The fourth-order valence-electron chi connectivity index (χ4n) is 4.43. The molecule has 1 amide bonds. The third-order valence-electron chi connectivity index (χ3n) is 6.52. The van der Waals surface area contributed by atoms with Crippen LogP contribution >= 0.6 is 0 Å². The second-order valence-electron chi connectivity index (χ2n) is 9.44. The van der Waals surface area contributed by atoms with Crippen molar-refractivity contribution in [2.45, 2.75) is 39.6 Å². The highest BCUT2D eigenvalue weighted by Gasteiger charge is 2.43. The number of amides is 1. The van der Waals surface area contributed by atoms with E-state index < -0.39 is 23.8 Å². The molecule has 1 aromatic heterocycles. The van der Waals surface area contributed by atoms with E-state index >= 15 is 0 Å². The number of ether oxygens (including phenoxy) is 1. The Morgan fingerprint density at radius 3 is 2.62 bits per heavy atom. The first-order chi connectivity index (χ1) is 19.0. The maximum atomic E-state index is 13.6. The number of rotatable bonds is 8.